The molecule has 0 spiro atoms. The van der Waals surface area contributed by atoms with E-state index in [0.717, 1.165) is 89.8 Å². The van der Waals surface area contributed by atoms with E-state index in [1.807, 2.05) is 18.2 Å². The van der Waals surface area contributed by atoms with E-state index in [-0.39, 0.29) is 5.41 Å². The number of hydrogen-bond acceptors (Lipinski definition) is 1. The van der Waals surface area contributed by atoms with Crippen LogP contribution in [0.25, 0.3) is 62.0 Å². The molecule has 0 bridgehead atoms. The van der Waals surface area contributed by atoms with Gasteiger partial charge in [0.25, 0.3) is 0 Å². The van der Waals surface area contributed by atoms with Crippen LogP contribution in [0.4, 0.5) is 0 Å². The zero-order valence-corrected chi connectivity index (χ0v) is 28.8. The Hall–Kier alpha value is -5.92. The highest BCUT2D eigenvalue weighted by atomic mass is 16.3. The van der Waals surface area contributed by atoms with Gasteiger partial charge < -0.3 is 4.42 Å². The molecule has 0 atom stereocenters. The topological polar surface area (TPSA) is 13.1 Å². The fourth-order valence-electron chi connectivity index (χ4n) is 7.82. The van der Waals surface area contributed by atoms with Crippen molar-refractivity contribution in [3.63, 3.8) is 0 Å². The summed E-state index contributed by atoms with van der Waals surface area (Å²) in [7, 11) is 0. The number of hydrogen-bond donors (Lipinski definition) is 0. The molecule has 0 amide bonds. The summed E-state index contributed by atoms with van der Waals surface area (Å²) in [5.41, 5.74) is 14.0. The summed E-state index contributed by atoms with van der Waals surface area (Å²) in [5.74, 6) is 0. The molecule has 5 aromatic carbocycles. The summed E-state index contributed by atoms with van der Waals surface area (Å²) in [4.78, 5) is 0. The van der Waals surface area contributed by atoms with Crippen LogP contribution in [0, 0.1) is 0 Å². The fraction of sp³-hybridized carbons (Fsp3) is 0.102. The number of furan rings is 1. The van der Waals surface area contributed by atoms with Crippen molar-refractivity contribution in [3.05, 3.63) is 197 Å². The SMILES string of the molecule is C=Cc1ccccc1C(=C)C1=c2cccc/c2=C(C(=C)c2cc3c(cc2C2=Cc4ccccc4C2(C)C)oc2ccccc23)/C=C/CCC=C1. The molecular formula is C49H40O. The second-order valence-electron chi connectivity index (χ2n) is 13.8. The second kappa shape index (κ2) is 12.5. The van der Waals surface area contributed by atoms with Gasteiger partial charge in [0.1, 0.15) is 11.2 Å². The van der Waals surface area contributed by atoms with Gasteiger partial charge >= 0.3 is 0 Å². The summed E-state index contributed by atoms with van der Waals surface area (Å²) < 4.78 is 6.50. The van der Waals surface area contributed by atoms with E-state index in [1.54, 1.807) is 0 Å². The molecule has 0 N–H and O–H groups in total. The van der Waals surface area contributed by atoms with E-state index in [4.69, 9.17) is 11.0 Å². The lowest BCUT2D eigenvalue weighted by Gasteiger charge is -2.27. The summed E-state index contributed by atoms with van der Waals surface area (Å²) in [5, 5.41) is 4.45. The molecule has 1 heterocycles. The zero-order chi connectivity index (χ0) is 34.4. The Morgan fingerprint density at radius 2 is 1.28 bits per heavy atom. The van der Waals surface area contributed by atoms with Crippen LogP contribution < -0.4 is 10.4 Å². The molecule has 242 valence electrons. The van der Waals surface area contributed by atoms with Crippen molar-refractivity contribution in [1.82, 2.24) is 0 Å². The molecule has 0 aliphatic heterocycles. The van der Waals surface area contributed by atoms with Crippen molar-refractivity contribution in [2.45, 2.75) is 32.1 Å². The highest BCUT2D eigenvalue weighted by Crippen LogP contribution is 2.49. The molecule has 8 rings (SSSR count). The van der Waals surface area contributed by atoms with Crippen LogP contribution in [0.15, 0.2) is 158 Å². The van der Waals surface area contributed by atoms with Crippen molar-refractivity contribution in [2.75, 3.05) is 0 Å². The van der Waals surface area contributed by atoms with Gasteiger partial charge in [0.15, 0.2) is 0 Å². The maximum Gasteiger partial charge on any atom is 0.136 e. The summed E-state index contributed by atoms with van der Waals surface area (Å²) in [6.45, 7) is 18.3. The molecule has 0 fully saturated rings. The normalized spacial score (nSPS) is 16.8. The van der Waals surface area contributed by atoms with Crippen molar-refractivity contribution in [3.8, 4) is 0 Å². The van der Waals surface area contributed by atoms with Crippen molar-refractivity contribution < 1.29 is 4.42 Å². The summed E-state index contributed by atoms with van der Waals surface area (Å²) >= 11 is 0. The molecule has 50 heavy (non-hydrogen) atoms. The number of para-hydroxylation sites is 1. The van der Waals surface area contributed by atoms with Crippen molar-refractivity contribution in [2.24, 2.45) is 0 Å². The molecule has 6 aromatic rings. The van der Waals surface area contributed by atoms with Crippen LogP contribution in [0.3, 0.4) is 0 Å². The summed E-state index contributed by atoms with van der Waals surface area (Å²) in [6, 6.07) is 38.6. The number of rotatable bonds is 6. The Morgan fingerprint density at radius 3 is 2.00 bits per heavy atom. The van der Waals surface area contributed by atoms with Gasteiger partial charge in [0.05, 0.1) is 0 Å². The molecule has 0 radical (unpaired) electrons. The predicted molar refractivity (Wildman–Crippen MR) is 216 cm³/mol. The van der Waals surface area contributed by atoms with Crippen molar-refractivity contribution in [1.29, 1.82) is 0 Å². The molecule has 1 nitrogen and oxygen atoms in total. The second-order valence-corrected chi connectivity index (χ2v) is 13.8. The van der Waals surface area contributed by atoms with E-state index in [9.17, 15) is 0 Å². The van der Waals surface area contributed by atoms with E-state index < -0.39 is 0 Å². The van der Waals surface area contributed by atoms with Gasteiger partial charge in [-0.3, -0.25) is 0 Å². The first kappa shape index (κ1) is 31.4. The number of fused-ring (bicyclic) bond motifs is 5. The van der Waals surface area contributed by atoms with Crippen LogP contribution in [0.2, 0.25) is 0 Å². The predicted octanol–water partition coefficient (Wildman–Crippen LogP) is 11.7. The van der Waals surface area contributed by atoms with E-state index >= 15 is 0 Å². The highest BCUT2D eigenvalue weighted by Gasteiger charge is 2.35. The van der Waals surface area contributed by atoms with Crippen LogP contribution in [-0.4, -0.2) is 0 Å². The minimum Gasteiger partial charge on any atom is -0.456 e. The van der Waals surface area contributed by atoms with Gasteiger partial charge in [-0.15, -0.1) is 0 Å². The van der Waals surface area contributed by atoms with E-state index in [2.05, 4.69) is 154 Å². The number of benzene rings is 5. The monoisotopic (exact) mass is 644 g/mol. The highest BCUT2D eigenvalue weighted by molar-refractivity contribution is 6.13. The quantitative estimate of drug-likeness (QED) is 0.176. The Kier molecular flexibility index (Phi) is 7.85. The summed E-state index contributed by atoms with van der Waals surface area (Å²) in [6.07, 6.45) is 15.2. The minimum atomic E-state index is -0.206. The van der Waals surface area contributed by atoms with Crippen LogP contribution in [0.5, 0.6) is 0 Å². The molecular weight excluding hydrogens is 605 g/mol. The largest absolute Gasteiger partial charge is 0.456 e. The Balaban J connectivity index is 1.43. The standard InChI is InChI=1S/C49H40O/c1-6-34-19-11-13-21-36(34)32(2)37-22-9-7-8-10-23-38(40-25-15-14-24-39(37)40)33(3)42-30-44-41-26-16-18-28-47(41)50-48(44)31-43(42)46-29-35-20-12-17-27-45(35)49(46,4)5/h6,9-31H,1-3,7-8H2,4-5H3/b22-9?,23-10+,39-37?,40-38+. The number of allylic oxidation sites excluding steroid dienone is 7. The molecule has 0 saturated carbocycles. The van der Waals surface area contributed by atoms with Gasteiger partial charge in [-0.1, -0.05) is 155 Å². The first-order valence-electron chi connectivity index (χ1n) is 17.4. The first-order chi connectivity index (χ1) is 24.4. The molecule has 0 saturated heterocycles. The lowest BCUT2D eigenvalue weighted by atomic mass is 9.76. The van der Waals surface area contributed by atoms with E-state index in [1.165, 1.54) is 16.7 Å². The third-order valence-electron chi connectivity index (χ3n) is 10.5. The van der Waals surface area contributed by atoms with Gasteiger partial charge in [-0.25, -0.2) is 0 Å². The maximum absolute atomic E-state index is 6.50. The maximum atomic E-state index is 6.50. The Labute approximate surface area is 294 Å². The lowest BCUT2D eigenvalue weighted by molar-refractivity contribution is 0.668. The van der Waals surface area contributed by atoms with Gasteiger partial charge in [0.2, 0.25) is 0 Å². The minimum absolute atomic E-state index is 0.206. The molecule has 1 aromatic heterocycles. The average molecular weight is 645 g/mol. The third-order valence-corrected chi connectivity index (χ3v) is 10.5. The average Bonchev–Trinajstić information content (AvgIpc) is 3.65. The van der Waals surface area contributed by atoms with Crippen LogP contribution in [0.1, 0.15) is 60.1 Å². The van der Waals surface area contributed by atoms with Gasteiger partial charge in [0, 0.05) is 16.2 Å². The molecule has 0 unspecified atom stereocenters. The fourth-order valence-corrected chi connectivity index (χ4v) is 7.82. The first-order valence-corrected chi connectivity index (χ1v) is 17.4. The van der Waals surface area contributed by atoms with E-state index in [0.29, 0.717) is 0 Å². The van der Waals surface area contributed by atoms with Crippen LogP contribution in [-0.2, 0) is 5.41 Å². The molecule has 2 aliphatic carbocycles. The zero-order valence-electron chi connectivity index (χ0n) is 28.8. The Morgan fingerprint density at radius 1 is 0.660 bits per heavy atom. The van der Waals surface area contributed by atoms with Crippen molar-refractivity contribution >= 4 is 62.0 Å². The lowest BCUT2D eigenvalue weighted by Crippen LogP contribution is -2.29. The Bertz CT molecular complexity index is 2610. The molecule has 2 aliphatic rings. The van der Waals surface area contributed by atoms with Crippen LogP contribution >= 0.6 is 0 Å². The third kappa shape index (κ3) is 5.18. The smallest absolute Gasteiger partial charge is 0.136 e. The van der Waals surface area contributed by atoms with Gasteiger partial charge in [-0.05, 0) is 109 Å². The molecule has 1 heteroatoms. The van der Waals surface area contributed by atoms with Gasteiger partial charge in [-0.2, -0.15) is 0 Å².